The monoisotopic (exact) mass is 288 g/mol. The number of pyridine rings is 1. The average molecular weight is 288 g/mol. The number of carbonyl (C=O) groups is 1. The predicted octanol–water partition coefficient (Wildman–Crippen LogP) is 2.74. The summed E-state index contributed by atoms with van der Waals surface area (Å²) in [6.07, 6.45) is 0.785. The molecule has 4 nitrogen and oxygen atoms in total. The molecule has 104 valence electrons. The first kappa shape index (κ1) is 13.1. The Kier molecular flexibility index (Phi) is 3.69. The third kappa shape index (κ3) is 2.54. The Morgan fingerprint density at radius 2 is 2.35 bits per heavy atom. The van der Waals surface area contributed by atoms with Crippen molar-refractivity contribution < 1.29 is 9.53 Å². The van der Waals surface area contributed by atoms with Crippen LogP contribution in [0.3, 0.4) is 0 Å². The minimum absolute atomic E-state index is 0.111. The Hall–Kier alpha value is -1.88. The quantitative estimate of drug-likeness (QED) is 0.872. The van der Waals surface area contributed by atoms with Crippen LogP contribution in [0.15, 0.2) is 29.6 Å². The van der Waals surface area contributed by atoms with Crippen molar-refractivity contribution in [2.75, 3.05) is 13.2 Å². The molecular formula is C15H16N2O2S. The maximum absolute atomic E-state index is 12.3. The van der Waals surface area contributed by atoms with Gasteiger partial charge in [0.2, 0.25) is 5.88 Å². The number of amides is 1. The fraction of sp³-hybridized carbons (Fsp3) is 0.333. The van der Waals surface area contributed by atoms with Crippen LogP contribution in [0.25, 0.3) is 0 Å². The van der Waals surface area contributed by atoms with Crippen molar-refractivity contribution in [3.63, 3.8) is 0 Å². The molecule has 0 bridgehead atoms. The molecule has 20 heavy (non-hydrogen) atoms. The predicted molar refractivity (Wildman–Crippen MR) is 78.2 cm³/mol. The summed E-state index contributed by atoms with van der Waals surface area (Å²) < 4.78 is 5.42. The summed E-state index contributed by atoms with van der Waals surface area (Å²) in [7, 11) is 0. The van der Waals surface area contributed by atoms with Crippen molar-refractivity contribution in [1.82, 2.24) is 9.88 Å². The van der Waals surface area contributed by atoms with Gasteiger partial charge in [0.1, 0.15) is 0 Å². The van der Waals surface area contributed by atoms with Gasteiger partial charge >= 0.3 is 0 Å². The summed E-state index contributed by atoms with van der Waals surface area (Å²) in [5, 5.41) is 1.93. The topological polar surface area (TPSA) is 42.4 Å². The van der Waals surface area contributed by atoms with E-state index >= 15 is 0 Å². The lowest BCUT2D eigenvalue weighted by molar-refractivity contribution is 0.0738. The summed E-state index contributed by atoms with van der Waals surface area (Å²) in [6, 6.07) is 7.67. The van der Waals surface area contributed by atoms with Gasteiger partial charge < -0.3 is 9.64 Å². The van der Waals surface area contributed by atoms with E-state index in [1.807, 2.05) is 41.5 Å². The second kappa shape index (κ2) is 5.63. The van der Waals surface area contributed by atoms with Gasteiger partial charge in [-0.25, -0.2) is 4.98 Å². The zero-order valence-electron chi connectivity index (χ0n) is 11.3. The molecule has 1 amide bonds. The molecule has 2 aromatic rings. The molecule has 0 fully saturated rings. The molecule has 0 aliphatic carbocycles. The maximum atomic E-state index is 12.3. The van der Waals surface area contributed by atoms with Crippen LogP contribution in [0.4, 0.5) is 0 Å². The summed E-state index contributed by atoms with van der Waals surface area (Å²) >= 11 is 1.49. The molecule has 0 saturated carbocycles. The molecular weight excluding hydrogens is 272 g/mol. The minimum Gasteiger partial charge on any atom is -0.478 e. The van der Waals surface area contributed by atoms with E-state index in [4.69, 9.17) is 4.74 Å². The van der Waals surface area contributed by atoms with Crippen molar-refractivity contribution >= 4 is 17.2 Å². The maximum Gasteiger partial charge on any atom is 0.264 e. The molecule has 0 saturated heterocycles. The molecule has 3 heterocycles. The number of fused-ring (bicyclic) bond motifs is 1. The van der Waals surface area contributed by atoms with Gasteiger partial charge in [0, 0.05) is 25.6 Å². The van der Waals surface area contributed by atoms with Crippen LogP contribution in [0.1, 0.15) is 27.9 Å². The molecule has 0 atom stereocenters. The van der Waals surface area contributed by atoms with Crippen molar-refractivity contribution in [3.05, 3.63) is 45.8 Å². The van der Waals surface area contributed by atoms with Gasteiger partial charge in [-0.15, -0.1) is 11.3 Å². The van der Waals surface area contributed by atoms with Gasteiger partial charge in [-0.1, -0.05) is 12.1 Å². The van der Waals surface area contributed by atoms with Crippen LogP contribution in [0.5, 0.6) is 5.88 Å². The molecule has 3 rings (SSSR count). The number of rotatable bonds is 3. The van der Waals surface area contributed by atoms with Gasteiger partial charge in [-0.05, 0) is 23.9 Å². The van der Waals surface area contributed by atoms with Crippen LogP contribution < -0.4 is 4.74 Å². The Balaban J connectivity index is 1.77. The van der Waals surface area contributed by atoms with Crippen molar-refractivity contribution in [3.8, 4) is 5.88 Å². The van der Waals surface area contributed by atoms with Crippen LogP contribution in [0.2, 0.25) is 0 Å². The molecule has 0 aromatic carbocycles. The fourth-order valence-electron chi connectivity index (χ4n) is 2.35. The molecule has 2 aromatic heterocycles. The SMILES string of the molecule is CCOc1ccc2c(n1)CCN(C(=O)c1cccs1)C2. The molecule has 1 aliphatic heterocycles. The van der Waals surface area contributed by atoms with E-state index in [1.165, 1.54) is 11.3 Å². The molecule has 0 unspecified atom stereocenters. The summed E-state index contributed by atoms with van der Waals surface area (Å²) in [4.78, 5) is 19.5. The molecule has 0 N–H and O–H groups in total. The smallest absolute Gasteiger partial charge is 0.264 e. The Bertz CT molecular complexity index is 610. The second-order valence-corrected chi connectivity index (χ2v) is 5.59. The van der Waals surface area contributed by atoms with E-state index in [1.54, 1.807) is 0 Å². The standard InChI is InChI=1S/C15H16N2O2S/c1-2-19-14-6-5-11-10-17(8-7-12(11)16-14)15(18)13-4-3-9-20-13/h3-6,9H,2,7-8,10H2,1H3. The van der Waals surface area contributed by atoms with E-state index in [-0.39, 0.29) is 5.91 Å². The Labute approximate surface area is 122 Å². The van der Waals surface area contributed by atoms with Crippen LogP contribution in [0, 0.1) is 0 Å². The number of hydrogen-bond donors (Lipinski definition) is 0. The first-order valence-corrected chi connectivity index (χ1v) is 7.60. The zero-order valence-corrected chi connectivity index (χ0v) is 12.2. The van der Waals surface area contributed by atoms with Crippen molar-refractivity contribution in [1.29, 1.82) is 0 Å². The van der Waals surface area contributed by atoms with Crippen molar-refractivity contribution in [2.45, 2.75) is 19.9 Å². The lowest BCUT2D eigenvalue weighted by Crippen LogP contribution is -2.36. The summed E-state index contributed by atoms with van der Waals surface area (Å²) in [5.41, 5.74) is 2.16. The van der Waals surface area contributed by atoms with Gasteiger partial charge in [-0.3, -0.25) is 4.79 Å². The van der Waals surface area contributed by atoms with E-state index in [0.717, 1.165) is 22.6 Å². The summed E-state index contributed by atoms with van der Waals surface area (Å²) in [5.74, 6) is 0.781. The van der Waals surface area contributed by atoms with Gasteiger partial charge in [0.05, 0.1) is 17.2 Å². The highest BCUT2D eigenvalue weighted by Crippen LogP contribution is 2.22. The Morgan fingerprint density at radius 3 is 3.10 bits per heavy atom. The number of nitrogens with zero attached hydrogens (tertiary/aromatic N) is 2. The number of carbonyl (C=O) groups excluding carboxylic acids is 1. The van der Waals surface area contributed by atoms with Crippen LogP contribution in [-0.4, -0.2) is 28.9 Å². The molecule has 0 spiro atoms. The van der Waals surface area contributed by atoms with Crippen molar-refractivity contribution in [2.24, 2.45) is 0 Å². The highest BCUT2D eigenvalue weighted by molar-refractivity contribution is 7.12. The number of thiophene rings is 1. The van der Waals surface area contributed by atoms with E-state index in [0.29, 0.717) is 25.6 Å². The van der Waals surface area contributed by atoms with Gasteiger partial charge in [0.15, 0.2) is 0 Å². The highest BCUT2D eigenvalue weighted by atomic mass is 32.1. The average Bonchev–Trinajstić information content (AvgIpc) is 3.00. The minimum atomic E-state index is 0.111. The molecule has 5 heteroatoms. The van der Waals surface area contributed by atoms with Crippen LogP contribution >= 0.6 is 11.3 Å². The van der Waals surface area contributed by atoms with E-state index in [9.17, 15) is 4.79 Å². The zero-order chi connectivity index (χ0) is 13.9. The number of aromatic nitrogens is 1. The number of hydrogen-bond acceptors (Lipinski definition) is 4. The van der Waals surface area contributed by atoms with Crippen LogP contribution in [-0.2, 0) is 13.0 Å². The lowest BCUT2D eigenvalue weighted by Gasteiger charge is -2.28. The third-order valence-electron chi connectivity index (χ3n) is 3.33. The second-order valence-electron chi connectivity index (χ2n) is 4.64. The Morgan fingerprint density at radius 1 is 1.45 bits per heavy atom. The third-order valence-corrected chi connectivity index (χ3v) is 4.19. The number of ether oxygens (including phenoxy) is 1. The normalized spacial score (nSPS) is 13.9. The van der Waals surface area contributed by atoms with Gasteiger partial charge in [0.25, 0.3) is 5.91 Å². The van der Waals surface area contributed by atoms with E-state index in [2.05, 4.69) is 4.98 Å². The lowest BCUT2D eigenvalue weighted by atomic mass is 10.1. The van der Waals surface area contributed by atoms with E-state index < -0.39 is 0 Å². The molecule has 0 radical (unpaired) electrons. The summed E-state index contributed by atoms with van der Waals surface area (Å²) in [6.45, 7) is 3.91. The fourth-order valence-corrected chi connectivity index (χ4v) is 3.04. The first-order valence-electron chi connectivity index (χ1n) is 6.72. The molecule has 1 aliphatic rings. The first-order chi connectivity index (χ1) is 9.78. The highest BCUT2D eigenvalue weighted by Gasteiger charge is 2.23. The van der Waals surface area contributed by atoms with Gasteiger partial charge in [-0.2, -0.15) is 0 Å². The largest absolute Gasteiger partial charge is 0.478 e.